The van der Waals surface area contributed by atoms with E-state index in [1.807, 2.05) is 30.3 Å². The Morgan fingerprint density at radius 2 is 1.43 bits per heavy atom. The molecule has 1 aromatic heterocycles. The molecule has 0 radical (unpaired) electrons. The number of pyridine rings is 1. The highest BCUT2D eigenvalue weighted by molar-refractivity contribution is 7.48. The van der Waals surface area contributed by atoms with Crippen LogP contribution in [0.2, 0.25) is 0 Å². The molecule has 0 saturated carbocycles. The number of hydrogen-bond acceptors (Lipinski definition) is 6. The molecule has 0 fully saturated rings. The van der Waals surface area contributed by atoms with Gasteiger partial charge in [0.15, 0.2) is 11.5 Å². The van der Waals surface area contributed by atoms with Gasteiger partial charge in [-0.1, -0.05) is 95.8 Å². The third-order valence-corrected chi connectivity index (χ3v) is 8.84. The maximum atomic E-state index is 13.0. The number of aromatic nitrogens is 1. The summed E-state index contributed by atoms with van der Waals surface area (Å²) in [5.41, 5.74) is 0.723. The second-order valence-electron chi connectivity index (χ2n) is 11.7. The molecular formula is C37H48NO7P. The first-order chi connectivity index (χ1) is 22.4. The fourth-order valence-corrected chi connectivity index (χ4v) is 6.34. The average molecular weight is 650 g/mol. The predicted octanol–water partition coefficient (Wildman–Crippen LogP) is 9.69. The molecule has 0 aliphatic carbocycles. The van der Waals surface area contributed by atoms with Crippen LogP contribution in [-0.4, -0.2) is 23.2 Å². The largest absolute Gasteiger partial charge is 0.815 e. The summed E-state index contributed by atoms with van der Waals surface area (Å²) in [6.07, 6.45) is 16.9. The van der Waals surface area contributed by atoms with Gasteiger partial charge in [0.05, 0.1) is 37.7 Å². The van der Waals surface area contributed by atoms with Gasteiger partial charge < -0.3 is 23.6 Å². The summed E-state index contributed by atoms with van der Waals surface area (Å²) in [7, 11) is -3.15. The number of phosphoric ester groups is 1. The number of unbranched alkanes of at least 4 members (excludes halogenated alkanes) is 11. The van der Waals surface area contributed by atoms with Gasteiger partial charge in [-0.2, -0.15) is 0 Å². The number of benzene rings is 3. The quantitative estimate of drug-likeness (QED) is 0.0545. The van der Waals surface area contributed by atoms with E-state index in [0.717, 1.165) is 23.8 Å². The zero-order valence-corrected chi connectivity index (χ0v) is 28.1. The molecule has 0 saturated heterocycles. The predicted molar refractivity (Wildman–Crippen MR) is 182 cm³/mol. The highest BCUT2D eigenvalue weighted by Gasteiger charge is 2.28. The van der Waals surface area contributed by atoms with Crippen molar-refractivity contribution in [2.75, 3.05) is 13.7 Å². The van der Waals surface area contributed by atoms with E-state index in [1.54, 1.807) is 47.2 Å². The lowest BCUT2D eigenvalue weighted by Crippen LogP contribution is -2.08. The smallest absolute Gasteiger partial charge is 0.585 e. The van der Waals surface area contributed by atoms with E-state index in [9.17, 15) is 14.6 Å². The lowest BCUT2D eigenvalue weighted by Gasteiger charge is -2.18. The van der Waals surface area contributed by atoms with E-state index >= 15 is 0 Å². The third-order valence-electron chi connectivity index (χ3n) is 7.97. The Bertz CT molecular complexity index is 1560. The van der Waals surface area contributed by atoms with Crippen LogP contribution in [-0.2, 0) is 11.1 Å². The van der Waals surface area contributed by atoms with E-state index in [4.69, 9.17) is 18.5 Å². The Balaban J connectivity index is 1.25. The summed E-state index contributed by atoms with van der Waals surface area (Å²) in [4.78, 5) is 10.6. The number of rotatable bonds is 21. The van der Waals surface area contributed by atoms with Crippen LogP contribution >= 0.6 is 7.82 Å². The van der Waals surface area contributed by atoms with Crippen LogP contribution in [0.15, 0.2) is 79.0 Å². The zero-order valence-electron chi connectivity index (χ0n) is 27.2. The third kappa shape index (κ3) is 11.0. The summed E-state index contributed by atoms with van der Waals surface area (Å²) in [6, 6.07) is 20.9. The molecular weight excluding hydrogens is 601 g/mol. The fraction of sp³-hybridized carbons (Fsp3) is 0.432. The number of methoxy groups -OCH3 is 1. The monoisotopic (exact) mass is 649 g/mol. The van der Waals surface area contributed by atoms with Gasteiger partial charge in [0.1, 0.15) is 11.1 Å². The van der Waals surface area contributed by atoms with E-state index < -0.39 is 7.82 Å². The van der Waals surface area contributed by atoms with E-state index in [0.29, 0.717) is 17.7 Å². The van der Waals surface area contributed by atoms with Gasteiger partial charge in [0.2, 0.25) is 5.75 Å². The number of ether oxygens (including phenoxy) is 2. The van der Waals surface area contributed by atoms with Crippen molar-refractivity contribution >= 4 is 18.6 Å². The van der Waals surface area contributed by atoms with Gasteiger partial charge in [0, 0.05) is 12.1 Å². The number of nitrogens with zero attached hydrogens (tertiary/aromatic N) is 1. The molecule has 0 aliphatic heterocycles. The van der Waals surface area contributed by atoms with Gasteiger partial charge in [-0.25, -0.2) is 4.57 Å². The van der Waals surface area contributed by atoms with Crippen molar-refractivity contribution in [2.45, 2.75) is 90.5 Å². The zero-order chi connectivity index (χ0) is 32.6. The maximum Gasteiger partial charge on any atom is 0.585 e. The average Bonchev–Trinajstić information content (AvgIpc) is 3.04. The Labute approximate surface area is 273 Å². The van der Waals surface area contributed by atoms with Crippen molar-refractivity contribution in [2.24, 2.45) is 0 Å². The molecule has 4 aromatic rings. The first-order valence-corrected chi connectivity index (χ1v) is 18.1. The van der Waals surface area contributed by atoms with Gasteiger partial charge in [0.25, 0.3) is 0 Å². The Morgan fingerprint density at radius 3 is 2.15 bits per heavy atom. The van der Waals surface area contributed by atoms with Crippen molar-refractivity contribution < 1.29 is 33.1 Å². The molecule has 0 amide bonds. The Hall–Kier alpha value is -3.74. The lowest BCUT2D eigenvalue weighted by molar-refractivity contribution is -0.276. The highest BCUT2D eigenvalue weighted by atomic mass is 31.2. The lowest BCUT2D eigenvalue weighted by atomic mass is 10.1. The Morgan fingerprint density at radius 1 is 0.783 bits per heavy atom. The highest BCUT2D eigenvalue weighted by Crippen LogP contribution is 2.49. The molecule has 9 heteroatoms. The molecule has 4 rings (SSSR count). The van der Waals surface area contributed by atoms with Crippen LogP contribution < -0.4 is 23.6 Å². The van der Waals surface area contributed by atoms with Crippen LogP contribution in [0.5, 0.6) is 28.9 Å². The number of phosphoric acid groups is 1. The van der Waals surface area contributed by atoms with Crippen LogP contribution in [0.3, 0.4) is 0 Å². The van der Waals surface area contributed by atoms with E-state index in [-0.39, 0.29) is 29.7 Å². The summed E-state index contributed by atoms with van der Waals surface area (Å²) >= 11 is 0. The van der Waals surface area contributed by atoms with Crippen LogP contribution in [0.4, 0.5) is 0 Å². The van der Waals surface area contributed by atoms with Gasteiger partial charge in [-0.15, -0.1) is 0 Å². The minimum absolute atomic E-state index is 0.0411. The molecule has 1 atom stereocenters. The van der Waals surface area contributed by atoms with E-state index in [2.05, 4.69) is 6.92 Å². The number of fused-ring (bicyclic) bond motifs is 1. The summed E-state index contributed by atoms with van der Waals surface area (Å²) < 4.78 is 36.9. The van der Waals surface area contributed by atoms with Gasteiger partial charge in [-0.05, 0) is 54.4 Å². The summed E-state index contributed by atoms with van der Waals surface area (Å²) in [5.74, 6) is 0.720. The van der Waals surface area contributed by atoms with Crippen molar-refractivity contribution in [1.82, 2.24) is 4.57 Å². The molecule has 1 unspecified atom stereocenters. The number of hydrogen-bond donors (Lipinski definition) is 1. The van der Waals surface area contributed by atoms with Gasteiger partial charge in [-0.3, -0.25) is 9.46 Å². The fourth-order valence-electron chi connectivity index (χ4n) is 5.54. The second-order valence-corrected chi connectivity index (χ2v) is 13.0. The molecule has 46 heavy (non-hydrogen) atoms. The first kappa shape index (κ1) is 35.1. The van der Waals surface area contributed by atoms with Crippen molar-refractivity contribution in [1.29, 1.82) is 0 Å². The SMILES string of the molecule is CCCCCCCCCCCCCCOc1cccc(OP(=O)(O)Oc2cccc(Cn3ccc4ccccc4[c+]3[O-])c2)c1OC. The van der Waals surface area contributed by atoms with Crippen molar-refractivity contribution in [3.05, 3.63) is 84.6 Å². The van der Waals surface area contributed by atoms with Crippen LogP contribution in [0.25, 0.3) is 10.8 Å². The number of para-hydroxylation sites is 1. The first-order valence-electron chi connectivity index (χ1n) is 16.6. The molecule has 0 aliphatic rings. The van der Waals surface area contributed by atoms with Crippen molar-refractivity contribution in [3.8, 4) is 28.9 Å². The summed E-state index contributed by atoms with van der Waals surface area (Å²) in [5, 5.41) is 14.4. The minimum atomic E-state index is -4.60. The molecule has 0 bridgehead atoms. The van der Waals surface area contributed by atoms with Crippen LogP contribution in [0.1, 0.15) is 89.5 Å². The molecule has 8 nitrogen and oxygen atoms in total. The Kier molecular flexibility index (Phi) is 14.1. The summed E-state index contributed by atoms with van der Waals surface area (Å²) in [6.45, 7) is 3.03. The minimum Gasteiger partial charge on any atom is -0.815 e. The molecule has 0 spiro atoms. The molecule has 1 heterocycles. The standard InChI is InChI=1S/C37H48NO7P/c1-3-4-5-6-7-8-9-10-11-12-13-16-27-43-34-23-18-24-35(36(34)42-2)45-46(40,41)44-32-21-17-19-30(28-32)29-38-26-25-31-20-14-15-22-33(31)37(38)39/h14-15,17-26,28H,3-13,16,27,29H2,1-2H3,(H,40,41). The molecule has 1 N–H and O–H groups in total. The maximum absolute atomic E-state index is 13.0. The van der Waals surface area contributed by atoms with Crippen LogP contribution in [0, 0.1) is 0 Å². The topological polar surface area (TPSA) is 102 Å². The molecule has 3 aromatic carbocycles. The van der Waals surface area contributed by atoms with Crippen molar-refractivity contribution in [3.63, 3.8) is 0 Å². The van der Waals surface area contributed by atoms with Gasteiger partial charge >= 0.3 is 7.82 Å². The molecule has 248 valence electrons. The normalized spacial score (nSPS) is 12.5. The second kappa shape index (κ2) is 18.4. The van der Waals surface area contributed by atoms with E-state index in [1.165, 1.54) is 77.4 Å².